The fourth-order valence-corrected chi connectivity index (χ4v) is 1.86. The van der Waals surface area contributed by atoms with E-state index in [1.165, 1.54) is 6.08 Å². The highest BCUT2D eigenvalue weighted by Crippen LogP contribution is 2.32. The number of aromatic amines is 1. The van der Waals surface area contributed by atoms with Gasteiger partial charge in [0.2, 0.25) is 0 Å². The van der Waals surface area contributed by atoms with E-state index < -0.39 is 5.67 Å². The summed E-state index contributed by atoms with van der Waals surface area (Å²) in [7, 11) is 0. The van der Waals surface area contributed by atoms with Crippen molar-refractivity contribution in [1.29, 1.82) is 0 Å². The maximum atomic E-state index is 13.8. The average molecular weight is 209 g/mol. The molecule has 1 aromatic heterocycles. The molecule has 0 saturated carbocycles. The van der Waals surface area contributed by atoms with Crippen LogP contribution in [0.25, 0.3) is 0 Å². The molecule has 1 aliphatic heterocycles. The van der Waals surface area contributed by atoms with Crippen LogP contribution < -0.4 is 5.32 Å². The molecule has 1 aliphatic rings. The van der Waals surface area contributed by atoms with Crippen LogP contribution in [0.5, 0.6) is 0 Å². The van der Waals surface area contributed by atoms with Gasteiger partial charge in [-0.2, -0.15) is 0 Å². The molecule has 15 heavy (non-hydrogen) atoms. The van der Waals surface area contributed by atoms with E-state index in [1.807, 2.05) is 6.20 Å². The summed E-state index contributed by atoms with van der Waals surface area (Å²) in [4.78, 5) is 7.44. The van der Waals surface area contributed by atoms with Crippen molar-refractivity contribution in [2.24, 2.45) is 0 Å². The van der Waals surface area contributed by atoms with Crippen molar-refractivity contribution >= 4 is 0 Å². The molecule has 1 fully saturated rings. The van der Waals surface area contributed by atoms with Gasteiger partial charge in [0.1, 0.15) is 11.5 Å². The van der Waals surface area contributed by atoms with Gasteiger partial charge in [-0.05, 0) is 6.42 Å². The molecule has 0 radical (unpaired) electrons. The minimum atomic E-state index is -1.29. The molecule has 2 atom stereocenters. The van der Waals surface area contributed by atoms with Gasteiger partial charge in [-0.25, -0.2) is 9.37 Å². The predicted molar refractivity (Wildman–Crippen MR) is 57.4 cm³/mol. The number of alkyl halides is 1. The third-order valence-corrected chi connectivity index (χ3v) is 2.91. The Morgan fingerprint density at radius 3 is 3.13 bits per heavy atom. The minimum Gasteiger partial charge on any atom is -0.345 e. The maximum Gasteiger partial charge on any atom is 0.143 e. The summed E-state index contributed by atoms with van der Waals surface area (Å²) in [6.45, 7) is 5.90. The zero-order valence-electron chi connectivity index (χ0n) is 8.89. The Labute approximate surface area is 88.8 Å². The van der Waals surface area contributed by atoms with Crippen molar-refractivity contribution in [2.75, 3.05) is 6.54 Å². The number of rotatable bonds is 3. The highest BCUT2D eigenvalue weighted by Gasteiger charge is 2.38. The first-order chi connectivity index (χ1) is 7.17. The molecule has 4 heteroatoms. The minimum absolute atomic E-state index is 0.0201. The molecule has 0 spiro atoms. The molecule has 2 unspecified atom stereocenters. The average Bonchev–Trinajstić information content (AvgIpc) is 2.84. The number of hydrogen-bond acceptors (Lipinski definition) is 2. The quantitative estimate of drug-likeness (QED) is 0.746. The molecule has 2 rings (SSSR count). The van der Waals surface area contributed by atoms with Gasteiger partial charge in [-0.3, -0.25) is 0 Å². The van der Waals surface area contributed by atoms with Crippen LogP contribution in [0.4, 0.5) is 4.39 Å². The van der Waals surface area contributed by atoms with Gasteiger partial charge in [-0.15, -0.1) is 0 Å². The van der Waals surface area contributed by atoms with Crippen LogP contribution >= 0.6 is 0 Å². The number of halogens is 1. The van der Waals surface area contributed by atoms with Gasteiger partial charge in [0.25, 0.3) is 0 Å². The Kier molecular flexibility index (Phi) is 2.61. The van der Waals surface area contributed by atoms with Crippen LogP contribution in [0.3, 0.4) is 0 Å². The van der Waals surface area contributed by atoms with E-state index in [9.17, 15) is 4.39 Å². The normalized spacial score (nSPS) is 30.7. The van der Waals surface area contributed by atoms with Gasteiger partial charge in [-0.1, -0.05) is 19.6 Å². The smallest absolute Gasteiger partial charge is 0.143 e. The lowest BCUT2D eigenvalue weighted by Gasteiger charge is -2.11. The molecule has 82 valence electrons. The zero-order valence-corrected chi connectivity index (χ0v) is 8.89. The highest BCUT2D eigenvalue weighted by atomic mass is 19.1. The van der Waals surface area contributed by atoms with Crippen LogP contribution in [-0.4, -0.2) is 22.2 Å². The molecule has 0 aliphatic carbocycles. The largest absolute Gasteiger partial charge is 0.345 e. The standard InChI is InChI=1S/C11H16FN3/c1-3-8-6-13-10(15-8)9-5-11(12,4-2)7-14-9/h4,6,9,14H,2-3,5,7H2,1H3,(H,13,15). The lowest BCUT2D eigenvalue weighted by atomic mass is 10.0. The molecule has 0 bridgehead atoms. The first kappa shape index (κ1) is 10.4. The Morgan fingerprint density at radius 1 is 1.80 bits per heavy atom. The van der Waals surface area contributed by atoms with Crippen molar-refractivity contribution in [3.8, 4) is 0 Å². The summed E-state index contributed by atoms with van der Waals surface area (Å²) < 4.78 is 13.8. The van der Waals surface area contributed by atoms with Crippen LogP contribution in [-0.2, 0) is 6.42 Å². The Morgan fingerprint density at radius 2 is 2.60 bits per heavy atom. The highest BCUT2D eigenvalue weighted by molar-refractivity contribution is 5.13. The third kappa shape index (κ3) is 1.95. The van der Waals surface area contributed by atoms with Crippen molar-refractivity contribution in [2.45, 2.75) is 31.5 Å². The first-order valence-corrected chi connectivity index (χ1v) is 5.26. The molecule has 1 saturated heterocycles. The molecular weight excluding hydrogens is 193 g/mol. The number of nitrogens with one attached hydrogen (secondary N) is 2. The molecule has 1 aromatic rings. The summed E-state index contributed by atoms with van der Waals surface area (Å²) >= 11 is 0. The van der Waals surface area contributed by atoms with Gasteiger partial charge in [0.15, 0.2) is 0 Å². The number of aromatic nitrogens is 2. The Balaban J connectivity index is 2.10. The van der Waals surface area contributed by atoms with Crippen molar-refractivity contribution in [3.05, 3.63) is 30.4 Å². The zero-order chi connectivity index (χ0) is 10.9. The summed E-state index contributed by atoms with van der Waals surface area (Å²) in [6.07, 6.45) is 4.52. The van der Waals surface area contributed by atoms with E-state index >= 15 is 0 Å². The van der Waals surface area contributed by atoms with Crippen molar-refractivity contribution in [3.63, 3.8) is 0 Å². The van der Waals surface area contributed by atoms with Crippen LogP contribution in [0, 0.1) is 0 Å². The number of nitrogens with zero attached hydrogens (tertiary/aromatic N) is 1. The van der Waals surface area contributed by atoms with E-state index in [-0.39, 0.29) is 6.04 Å². The van der Waals surface area contributed by atoms with Crippen LogP contribution in [0.15, 0.2) is 18.9 Å². The fourth-order valence-electron chi connectivity index (χ4n) is 1.86. The van der Waals surface area contributed by atoms with Gasteiger partial charge in [0.05, 0.1) is 6.04 Å². The lowest BCUT2D eigenvalue weighted by Crippen LogP contribution is -2.22. The van der Waals surface area contributed by atoms with E-state index in [0.717, 1.165) is 17.9 Å². The molecule has 0 aromatic carbocycles. The predicted octanol–water partition coefficient (Wildman–Crippen LogP) is 1.90. The van der Waals surface area contributed by atoms with E-state index in [0.29, 0.717) is 13.0 Å². The van der Waals surface area contributed by atoms with Crippen LogP contribution in [0.2, 0.25) is 0 Å². The van der Waals surface area contributed by atoms with E-state index in [2.05, 4.69) is 28.8 Å². The summed E-state index contributed by atoms with van der Waals surface area (Å²) in [5, 5.41) is 3.11. The molecule has 3 nitrogen and oxygen atoms in total. The van der Waals surface area contributed by atoms with Gasteiger partial charge >= 0.3 is 0 Å². The maximum absolute atomic E-state index is 13.8. The third-order valence-electron chi connectivity index (χ3n) is 2.91. The number of hydrogen-bond donors (Lipinski definition) is 2. The summed E-state index contributed by atoms with van der Waals surface area (Å²) in [5.41, 5.74) is -0.203. The van der Waals surface area contributed by atoms with E-state index in [1.54, 1.807) is 0 Å². The van der Waals surface area contributed by atoms with Crippen molar-refractivity contribution < 1.29 is 4.39 Å². The van der Waals surface area contributed by atoms with Crippen LogP contribution in [0.1, 0.15) is 30.9 Å². The SMILES string of the molecule is C=CC1(F)CNC(c2ncc(CC)[nH]2)C1. The number of aryl methyl sites for hydroxylation is 1. The molecule has 2 N–H and O–H groups in total. The van der Waals surface area contributed by atoms with Gasteiger partial charge in [0, 0.05) is 24.9 Å². The number of imidazole rings is 1. The molecular formula is C11H16FN3. The second-order valence-electron chi connectivity index (χ2n) is 4.02. The lowest BCUT2D eigenvalue weighted by molar-refractivity contribution is 0.253. The Bertz CT molecular complexity index is 360. The monoisotopic (exact) mass is 209 g/mol. The van der Waals surface area contributed by atoms with E-state index in [4.69, 9.17) is 0 Å². The topological polar surface area (TPSA) is 40.7 Å². The second kappa shape index (κ2) is 3.77. The number of H-pyrrole nitrogens is 1. The molecule has 0 amide bonds. The fraction of sp³-hybridized carbons (Fsp3) is 0.545. The summed E-state index contributed by atoms with van der Waals surface area (Å²) in [6, 6.07) is -0.0201. The summed E-state index contributed by atoms with van der Waals surface area (Å²) in [5.74, 6) is 0.827. The second-order valence-corrected chi connectivity index (χ2v) is 4.02. The first-order valence-electron chi connectivity index (χ1n) is 5.26. The van der Waals surface area contributed by atoms with Gasteiger partial charge < -0.3 is 10.3 Å². The molecule has 2 heterocycles. The van der Waals surface area contributed by atoms with Crippen molar-refractivity contribution in [1.82, 2.24) is 15.3 Å². The Hall–Kier alpha value is -1.16.